The maximum atomic E-state index is 2.50. The van der Waals surface area contributed by atoms with Gasteiger partial charge in [-0.25, -0.2) is 0 Å². The summed E-state index contributed by atoms with van der Waals surface area (Å²) in [6, 6.07) is 93.9. The molecule has 0 spiro atoms. The highest BCUT2D eigenvalue weighted by Gasteiger charge is 2.44. The second kappa shape index (κ2) is 16.6. The van der Waals surface area contributed by atoms with Crippen molar-refractivity contribution < 1.29 is 0 Å². The van der Waals surface area contributed by atoms with Crippen LogP contribution in [0.25, 0.3) is 77.9 Å². The standard InChI is InChI=1S/C63H46/c1-5-13-45(14-6-1)43-63(44-46-15-7-2-8-16-46)61-41-57(55-33-29-53(30-34-55)51-25-21-49(22-26-51)47-17-9-3-10-18-47)37-39-59(61)60-40-38-58(42-62(60)63)56-35-31-54(32-36-56)52-27-23-50(24-28-52)48-19-11-4-12-20-48/h1-42H,43-44H2. The molecule has 0 N–H and O–H groups in total. The van der Waals surface area contributed by atoms with Crippen LogP contribution in [0.3, 0.4) is 0 Å². The molecule has 0 aromatic heterocycles. The second-order valence-corrected chi connectivity index (χ2v) is 17.0. The number of rotatable bonds is 10. The average molecular weight is 803 g/mol. The van der Waals surface area contributed by atoms with Gasteiger partial charge in [-0.1, -0.05) is 243 Å². The SMILES string of the molecule is c1ccc(CC2(Cc3ccccc3)c3cc(-c4ccc(-c5ccc(-c6ccccc6)cc5)cc4)ccc3-c3ccc(-c4ccc(-c5ccc(-c6ccccc6)cc5)cc4)cc32)cc1. The van der Waals surface area contributed by atoms with E-state index in [0.717, 1.165) is 12.8 Å². The van der Waals surface area contributed by atoms with Gasteiger partial charge in [-0.3, -0.25) is 0 Å². The summed E-state index contributed by atoms with van der Waals surface area (Å²) in [6.07, 6.45) is 1.79. The van der Waals surface area contributed by atoms with Gasteiger partial charge in [0.05, 0.1) is 0 Å². The van der Waals surface area contributed by atoms with Gasteiger partial charge in [0.15, 0.2) is 0 Å². The Morgan fingerprint density at radius 3 is 0.714 bits per heavy atom. The summed E-state index contributed by atoms with van der Waals surface area (Å²) in [5.41, 5.74) is 22.6. The lowest BCUT2D eigenvalue weighted by Gasteiger charge is -2.33. The molecule has 0 heteroatoms. The molecular weight excluding hydrogens is 757 g/mol. The monoisotopic (exact) mass is 802 g/mol. The normalized spacial score (nSPS) is 12.4. The molecule has 10 aromatic rings. The second-order valence-electron chi connectivity index (χ2n) is 17.0. The Labute approximate surface area is 371 Å². The third kappa shape index (κ3) is 7.51. The summed E-state index contributed by atoms with van der Waals surface area (Å²) >= 11 is 0. The molecule has 0 saturated heterocycles. The number of hydrogen-bond donors (Lipinski definition) is 0. The van der Waals surface area contributed by atoms with E-state index in [2.05, 4.69) is 255 Å². The summed E-state index contributed by atoms with van der Waals surface area (Å²) in [5, 5.41) is 0. The molecule has 0 bridgehead atoms. The predicted octanol–water partition coefficient (Wildman–Crippen LogP) is 16.4. The third-order valence-corrected chi connectivity index (χ3v) is 13.1. The summed E-state index contributed by atoms with van der Waals surface area (Å²) in [5.74, 6) is 0. The van der Waals surface area contributed by atoms with Gasteiger partial charge in [-0.2, -0.15) is 0 Å². The molecule has 298 valence electrons. The predicted molar refractivity (Wildman–Crippen MR) is 266 cm³/mol. The highest BCUT2D eigenvalue weighted by atomic mass is 14.5. The Kier molecular flexibility index (Phi) is 10.0. The quantitative estimate of drug-likeness (QED) is 0.129. The zero-order chi connectivity index (χ0) is 42.0. The van der Waals surface area contributed by atoms with E-state index in [0.29, 0.717) is 0 Å². The summed E-state index contributed by atoms with van der Waals surface area (Å²) in [6.45, 7) is 0. The Morgan fingerprint density at radius 2 is 0.429 bits per heavy atom. The molecule has 0 atom stereocenters. The Bertz CT molecular complexity index is 2910. The molecule has 0 heterocycles. The molecule has 0 aliphatic heterocycles. The maximum absolute atomic E-state index is 2.50. The summed E-state index contributed by atoms with van der Waals surface area (Å²) < 4.78 is 0. The largest absolute Gasteiger partial charge is 0.0622 e. The van der Waals surface area contributed by atoms with Crippen LogP contribution >= 0.6 is 0 Å². The van der Waals surface area contributed by atoms with E-state index < -0.39 is 0 Å². The van der Waals surface area contributed by atoms with Crippen LogP contribution in [-0.4, -0.2) is 0 Å². The van der Waals surface area contributed by atoms with Gasteiger partial charge in [-0.15, -0.1) is 0 Å². The van der Waals surface area contributed by atoms with E-state index in [9.17, 15) is 0 Å². The van der Waals surface area contributed by atoms with Gasteiger partial charge in [0.2, 0.25) is 0 Å². The first-order chi connectivity index (χ1) is 31.2. The number of benzene rings is 10. The minimum atomic E-state index is -0.291. The first-order valence-electron chi connectivity index (χ1n) is 22.1. The van der Waals surface area contributed by atoms with Crippen LogP contribution in [0.2, 0.25) is 0 Å². The van der Waals surface area contributed by atoms with Gasteiger partial charge in [0.25, 0.3) is 0 Å². The van der Waals surface area contributed by atoms with Crippen LogP contribution in [0.15, 0.2) is 255 Å². The van der Waals surface area contributed by atoms with Crippen molar-refractivity contribution in [2.75, 3.05) is 0 Å². The van der Waals surface area contributed by atoms with Crippen LogP contribution < -0.4 is 0 Å². The molecule has 1 aliphatic rings. The average Bonchev–Trinajstić information content (AvgIpc) is 3.62. The molecule has 0 nitrogen and oxygen atoms in total. The molecular formula is C63H46. The van der Waals surface area contributed by atoms with E-state index in [4.69, 9.17) is 0 Å². The van der Waals surface area contributed by atoms with Gasteiger partial charge in [0, 0.05) is 5.41 Å². The van der Waals surface area contributed by atoms with E-state index in [1.165, 1.54) is 100 Å². The van der Waals surface area contributed by atoms with Crippen molar-refractivity contribution >= 4 is 0 Å². The van der Waals surface area contributed by atoms with E-state index in [-0.39, 0.29) is 5.41 Å². The highest BCUT2D eigenvalue weighted by Crippen LogP contribution is 2.54. The maximum Gasteiger partial charge on any atom is 0.0296 e. The Balaban J connectivity index is 0.964. The fourth-order valence-corrected chi connectivity index (χ4v) is 9.87. The molecule has 0 fully saturated rings. The van der Waals surface area contributed by atoms with E-state index in [1.54, 1.807) is 0 Å². The minimum Gasteiger partial charge on any atom is -0.0622 e. The smallest absolute Gasteiger partial charge is 0.0296 e. The van der Waals surface area contributed by atoms with E-state index in [1.807, 2.05) is 0 Å². The highest BCUT2D eigenvalue weighted by molar-refractivity contribution is 5.87. The van der Waals surface area contributed by atoms with Crippen molar-refractivity contribution in [2.24, 2.45) is 0 Å². The lowest BCUT2D eigenvalue weighted by Crippen LogP contribution is -2.31. The van der Waals surface area contributed by atoms with Crippen LogP contribution in [-0.2, 0) is 18.3 Å². The summed E-state index contributed by atoms with van der Waals surface area (Å²) in [4.78, 5) is 0. The first kappa shape index (κ1) is 38.1. The van der Waals surface area contributed by atoms with Crippen LogP contribution in [0, 0.1) is 0 Å². The van der Waals surface area contributed by atoms with Gasteiger partial charge >= 0.3 is 0 Å². The van der Waals surface area contributed by atoms with Crippen molar-refractivity contribution in [3.63, 3.8) is 0 Å². The van der Waals surface area contributed by atoms with Crippen molar-refractivity contribution in [1.82, 2.24) is 0 Å². The van der Waals surface area contributed by atoms with Crippen molar-refractivity contribution in [1.29, 1.82) is 0 Å². The van der Waals surface area contributed by atoms with Gasteiger partial charge in [-0.05, 0) is 125 Å². The molecule has 0 unspecified atom stereocenters. The molecule has 0 saturated carbocycles. The molecule has 11 rings (SSSR count). The van der Waals surface area contributed by atoms with Crippen molar-refractivity contribution in [3.8, 4) is 77.9 Å². The Hall–Kier alpha value is -7.80. The van der Waals surface area contributed by atoms with Crippen LogP contribution in [0.5, 0.6) is 0 Å². The number of fused-ring (bicyclic) bond motifs is 3. The fraction of sp³-hybridized carbons (Fsp3) is 0.0476. The zero-order valence-corrected chi connectivity index (χ0v) is 35.2. The van der Waals surface area contributed by atoms with E-state index >= 15 is 0 Å². The van der Waals surface area contributed by atoms with Crippen molar-refractivity contribution in [2.45, 2.75) is 18.3 Å². The van der Waals surface area contributed by atoms with Crippen LogP contribution in [0.1, 0.15) is 22.3 Å². The van der Waals surface area contributed by atoms with Gasteiger partial charge in [0.1, 0.15) is 0 Å². The lowest BCUT2D eigenvalue weighted by molar-refractivity contribution is 0.520. The van der Waals surface area contributed by atoms with Crippen molar-refractivity contribution in [3.05, 3.63) is 277 Å². The molecule has 63 heavy (non-hydrogen) atoms. The molecule has 1 aliphatic carbocycles. The minimum absolute atomic E-state index is 0.291. The fourth-order valence-electron chi connectivity index (χ4n) is 9.87. The number of hydrogen-bond acceptors (Lipinski definition) is 0. The lowest BCUT2D eigenvalue weighted by atomic mass is 9.69. The summed E-state index contributed by atoms with van der Waals surface area (Å²) in [7, 11) is 0. The van der Waals surface area contributed by atoms with Crippen LogP contribution in [0.4, 0.5) is 0 Å². The molecule has 0 radical (unpaired) electrons. The third-order valence-electron chi connectivity index (χ3n) is 13.1. The van der Waals surface area contributed by atoms with Gasteiger partial charge < -0.3 is 0 Å². The topological polar surface area (TPSA) is 0 Å². The Morgan fingerprint density at radius 1 is 0.206 bits per heavy atom. The first-order valence-corrected chi connectivity index (χ1v) is 22.1. The zero-order valence-electron chi connectivity index (χ0n) is 35.2. The molecule has 10 aromatic carbocycles. The molecule has 0 amide bonds.